The number of aromatic nitrogens is 7. The van der Waals surface area contributed by atoms with Gasteiger partial charge in [-0.3, -0.25) is 14.6 Å². The first-order chi connectivity index (χ1) is 52.9. The predicted molar refractivity (Wildman–Crippen MR) is 401 cm³/mol. The number of hydrogen-bond acceptors (Lipinski definition) is 21. The molecule has 0 atom stereocenters. The highest BCUT2D eigenvalue weighted by Gasteiger charge is 2.36. The van der Waals surface area contributed by atoms with Crippen LogP contribution < -0.4 is 64.9 Å². The van der Waals surface area contributed by atoms with Crippen LogP contribution >= 0.6 is 0 Å². The minimum atomic E-state index is -4.65. The molecule has 13 aromatic heterocycles. The third-order valence-electron chi connectivity index (χ3n) is 17.1. The maximum atomic E-state index is 12.5. The van der Waals surface area contributed by atoms with Crippen LogP contribution in [0.25, 0.3) is 54.7 Å². The van der Waals surface area contributed by atoms with Gasteiger partial charge in [-0.15, -0.1) is 0 Å². The van der Waals surface area contributed by atoms with E-state index in [2.05, 4.69) is 85.7 Å². The van der Waals surface area contributed by atoms with Crippen molar-refractivity contribution >= 4 is 60.6 Å². The van der Waals surface area contributed by atoms with Crippen molar-refractivity contribution in [1.82, 2.24) is 34.5 Å². The number of carbonyl (C=O) groups excluding carboxylic acids is 1. The molecule has 588 valence electrons. The summed E-state index contributed by atoms with van der Waals surface area (Å²) in [6.07, 6.45) is 2.19. The molecule has 33 heteroatoms. The number of rotatable bonds is 1. The van der Waals surface area contributed by atoms with Crippen LogP contribution in [0, 0.1) is 69.2 Å². The average Bonchev–Trinajstić information content (AvgIpc) is 1.66. The number of halogens is 6. The minimum Gasteiger partial charge on any atom is -0.491 e. The van der Waals surface area contributed by atoms with E-state index < -0.39 is 46.5 Å². The Balaban J connectivity index is 0.000000145. The van der Waals surface area contributed by atoms with E-state index in [9.17, 15) is 69.5 Å². The fourth-order valence-corrected chi connectivity index (χ4v) is 11.6. The molecule has 0 spiro atoms. The van der Waals surface area contributed by atoms with E-state index in [1.165, 1.54) is 41.5 Å². The van der Waals surface area contributed by atoms with Crippen molar-refractivity contribution in [2.45, 2.75) is 120 Å². The number of nitrogens with zero attached hydrogens (tertiary/aromatic N) is 3. The number of nitrogens with two attached hydrogens (primary N) is 1. The summed E-state index contributed by atoms with van der Waals surface area (Å²) in [4.78, 5) is 118. The van der Waals surface area contributed by atoms with Gasteiger partial charge < -0.3 is 75.4 Å². The van der Waals surface area contributed by atoms with Crippen LogP contribution in [-0.2, 0) is 38.7 Å². The van der Waals surface area contributed by atoms with Gasteiger partial charge in [-0.25, -0.2) is 38.5 Å². The predicted octanol–water partition coefficient (Wildman–Crippen LogP) is 13.6. The fourth-order valence-electron chi connectivity index (χ4n) is 11.6. The van der Waals surface area contributed by atoms with E-state index in [1.807, 2.05) is 34.6 Å². The van der Waals surface area contributed by atoms with E-state index in [-0.39, 0.29) is 55.4 Å². The molecule has 17 rings (SSSR count). The molecule has 0 bridgehead atoms. The number of pyridine rings is 2. The lowest BCUT2D eigenvalue weighted by Gasteiger charge is -2.21. The Kier molecular flexibility index (Phi) is 26.5. The van der Waals surface area contributed by atoms with Crippen LogP contribution in [0.4, 0.5) is 26.3 Å². The molecule has 0 aliphatic carbocycles. The molecule has 0 fully saturated rings. The number of carbonyl (C=O) groups is 1. The summed E-state index contributed by atoms with van der Waals surface area (Å²) in [6.45, 7) is 20.8. The monoisotopic (exact) mass is 1550 g/mol. The molecule has 14 aromatic rings. The molecule has 1 amide bonds. The van der Waals surface area contributed by atoms with Crippen LogP contribution in [-0.4, -0.2) is 60.2 Å². The summed E-state index contributed by atoms with van der Waals surface area (Å²) < 4.78 is 125. The molecular weight excluding hydrogens is 1480 g/mol. The summed E-state index contributed by atoms with van der Waals surface area (Å²) in [5.74, 6) is 1.93. The summed E-state index contributed by atoms with van der Waals surface area (Å²) in [6, 6.07) is 22.9. The number of aromatic amines is 4. The Hall–Kier alpha value is -13.2. The van der Waals surface area contributed by atoms with E-state index >= 15 is 0 Å². The Bertz CT molecular complexity index is 6170. The van der Waals surface area contributed by atoms with E-state index in [4.69, 9.17) is 33.2 Å². The molecule has 0 radical (unpaired) electrons. The van der Waals surface area contributed by atoms with Gasteiger partial charge >= 0.3 is 51.7 Å². The molecule has 3 aliphatic rings. The highest BCUT2D eigenvalue weighted by molar-refractivity contribution is 6.04. The first-order valence-electron chi connectivity index (χ1n) is 34.4. The smallest absolute Gasteiger partial charge is 0.449 e. The zero-order valence-electron chi connectivity index (χ0n) is 62.3. The van der Waals surface area contributed by atoms with Crippen molar-refractivity contribution < 1.29 is 76.3 Å². The second-order valence-electron chi connectivity index (χ2n) is 25.8. The molecule has 27 nitrogen and oxygen atoms in total. The van der Waals surface area contributed by atoms with Gasteiger partial charge in [-0.2, -0.15) is 26.3 Å². The number of amides is 1. The minimum absolute atomic E-state index is 0.0572. The van der Waals surface area contributed by atoms with E-state index in [0.717, 1.165) is 139 Å². The largest absolute Gasteiger partial charge is 0.491 e. The van der Waals surface area contributed by atoms with Crippen LogP contribution in [0.3, 0.4) is 0 Å². The number of ether oxygens (including phenoxy) is 3. The maximum Gasteiger partial charge on any atom is 0.449 e. The lowest BCUT2D eigenvalue weighted by atomic mass is 10.1. The van der Waals surface area contributed by atoms with Gasteiger partial charge in [0.05, 0.1) is 63.8 Å². The number of primary amides is 1. The number of alkyl halides is 6. The number of aryl methyl sites for hydroxylation is 12. The Morgan fingerprint density at radius 1 is 0.482 bits per heavy atom. The van der Waals surface area contributed by atoms with E-state index in [0.29, 0.717) is 56.7 Å². The van der Waals surface area contributed by atoms with Crippen molar-refractivity contribution in [2.75, 3.05) is 19.8 Å². The summed E-state index contributed by atoms with van der Waals surface area (Å²) >= 11 is 0. The van der Waals surface area contributed by atoms with Crippen LogP contribution in [0.5, 0.6) is 17.2 Å². The van der Waals surface area contributed by atoms with Crippen LogP contribution in [0.1, 0.15) is 114 Å². The quantitative estimate of drug-likeness (QED) is 0.0953. The summed E-state index contributed by atoms with van der Waals surface area (Å²) in [7, 11) is 1.80. The van der Waals surface area contributed by atoms with Crippen molar-refractivity contribution in [3.63, 3.8) is 0 Å². The van der Waals surface area contributed by atoms with Crippen molar-refractivity contribution in [2.24, 2.45) is 12.8 Å². The third-order valence-corrected chi connectivity index (χ3v) is 17.1. The highest BCUT2D eigenvalue weighted by Crippen LogP contribution is 2.35. The zero-order chi connectivity index (χ0) is 81.6. The fraction of sp³-hybridized carbons (Fsp3) is 0.278. The molecule has 0 saturated heterocycles. The SMILES string of the molecule is Cc1cc(=O)n(C)c2c1OCCC2.Cc1cc(=O)oc2c1OCCC2.Cc1cc(=O)oc2c1OCCC2.Cc1cc(=O)oc2ccncc12.Cc1cc2c(=O)oc(C(F)(F)F)cc2[nH]1.Cc1cc2c(=O)occ(C(F)(F)F)c2[nH]1.Cc1cc2c(=O)occ(C(N)=O)c2[nH]1.Cc1cc2c(=O)ocnc2[nH]1.Cc1ccccc1C. The number of nitrogens with one attached hydrogen (secondary N) is 4. The standard InChI is InChI=1S/C10H13NO2.2C9H6F3NO2.C9H8N2O3.C9H7NO2.2C9H10O3.C8H10.C7H6N2O2/c1-7-6-9(12)11(2)8-4-3-5-13-10(7)8;1-4-2-5-7(13-4)6(9(10,11)12)3-15-8(5)14;1-4-2-5-6(13-4)3-7(9(10,11)12)15-8(5)14;1-4-2-5-7(11-4)6(8(10)12)3-14-9(5)13;1-6-4-9(11)12-8-2-3-10-5-7(6)8;2*1-6-5-8(10)12-7-3-2-4-11-9(6)7;1-7-5-3-4-6-8(7)2;1-4-2-5-6(9-4)8-3-11-7(5)10/h6H,3-5H2,1-2H3;2*2-3,13H,1H3;2-3,11H,1H3,(H2,10,12);2-5H,1H3;2*5H,2-4H2,1H3;3-6H,1-2H3;2-3,9H,1H3. The third kappa shape index (κ3) is 21.0. The lowest BCUT2D eigenvalue weighted by Crippen LogP contribution is -2.24. The van der Waals surface area contributed by atoms with Crippen LogP contribution in [0.2, 0.25) is 0 Å². The zero-order valence-corrected chi connectivity index (χ0v) is 62.3. The molecule has 3 aliphatic heterocycles. The van der Waals surface area contributed by atoms with Crippen molar-refractivity contribution in [1.29, 1.82) is 0 Å². The maximum absolute atomic E-state index is 12.5. The van der Waals surface area contributed by atoms with Crippen molar-refractivity contribution in [3.8, 4) is 17.2 Å². The molecule has 0 unspecified atom stereocenters. The highest BCUT2D eigenvalue weighted by atomic mass is 19.4. The Morgan fingerprint density at radius 2 is 0.973 bits per heavy atom. The van der Waals surface area contributed by atoms with Gasteiger partial charge in [-0.1, -0.05) is 24.3 Å². The Morgan fingerprint density at radius 3 is 1.54 bits per heavy atom. The first kappa shape index (κ1) is 82.8. The normalized spacial score (nSPS) is 12.4. The molecular formula is C79H76F6N8O19. The number of benzene rings is 1. The summed E-state index contributed by atoms with van der Waals surface area (Å²) in [5.41, 5.74) is 12.6. The molecule has 0 saturated carbocycles. The second-order valence-corrected chi connectivity index (χ2v) is 25.8. The van der Waals surface area contributed by atoms with Gasteiger partial charge in [0.25, 0.3) is 11.5 Å². The molecule has 6 N–H and O–H groups in total. The van der Waals surface area contributed by atoms with Gasteiger partial charge in [-0.05, 0) is 148 Å². The molecule has 16 heterocycles. The second kappa shape index (κ2) is 35.9. The van der Waals surface area contributed by atoms with Gasteiger partial charge in [0, 0.05) is 102 Å². The summed E-state index contributed by atoms with van der Waals surface area (Å²) in [5, 5.41) is 1.78. The topological polar surface area (TPSA) is 393 Å². The first-order valence-corrected chi connectivity index (χ1v) is 34.4. The van der Waals surface area contributed by atoms with Crippen molar-refractivity contribution in [3.05, 3.63) is 290 Å². The Labute approximate surface area is 628 Å². The number of hydrogen-bond donors (Lipinski definition) is 5. The van der Waals surface area contributed by atoms with E-state index in [1.54, 1.807) is 69.0 Å². The molecule has 112 heavy (non-hydrogen) atoms. The number of H-pyrrole nitrogens is 4. The van der Waals surface area contributed by atoms with Gasteiger partial charge in [0.1, 0.15) is 40.5 Å². The van der Waals surface area contributed by atoms with Gasteiger partial charge in [0.2, 0.25) is 5.76 Å². The van der Waals surface area contributed by atoms with Gasteiger partial charge in [0.15, 0.2) is 29.4 Å². The average molecular weight is 1560 g/mol. The lowest BCUT2D eigenvalue weighted by molar-refractivity contribution is -0.154. The number of fused-ring (bicyclic) bond motifs is 8. The molecule has 1 aromatic carbocycles. The van der Waals surface area contributed by atoms with Crippen LogP contribution in [0.15, 0.2) is 186 Å².